The van der Waals surface area contributed by atoms with Gasteiger partial charge in [-0.05, 0) is 44.9 Å². The van der Waals surface area contributed by atoms with Crippen molar-refractivity contribution in [2.45, 2.75) is 301 Å². The minimum Gasteiger partial charge on any atom is -0.457 e. The molecule has 4 N–H and O–H groups in total. The Kier molecular flexibility index (Phi) is 45.2. The Morgan fingerprint density at radius 1 is 0.551 bits per heavy atom. The van der Waals surface area contributed by atoms with E-state index in [-0.39, 0.29) is 19.6 Å². The number of carbonyl (C=O) groups is 1. The van der Waals surface area contributed by atoms with Gasteiger partial charge in [-0.1, -0.05) is 237 Å². The van der Waals surface area contributed by atoms with Crippen molar-refractivity contribution in [2.75, 3.05) is 26.4 Å². The number of esters is 1. The number of unbranched alkanes of at least 4 members (excludes halogenated alkanes) is 34. The van der Waals surface area contributed by atoms with Crippen LogP contribution in [0.3, 0.4) is 0 Å². The second kappa shape index (κ2) is 47.6. The van der Waals surface area contributed by atoms with Crippen LogP contribution in [-0.2, 0) is 38.3 Å². The van der Waals surface area contributed by atoms with Crippen LogP contribution in [0, 0.1) is 0 Å². The standard InChI is InChI=1S/C56H106O12S/c1-3-5-7-9-11-13-15-17-19-21-23-24-25-26-28-30-32-34-36-38-40-42-44-46-64-48-50(49-65-56-54(60)55(68-69(61,62)63)53(59)51(47-57)67-56)66-52(58)45-43-41-39-37-35-33-31-29-27-22-20-18-16-14-12-10-8-6-4-2/h12,14,18,20,50-51,53-57,59-60H,3-11,13,15-17,19,21-49H2,1-2H3,(H,61,62,63)/b14-12-,20-18-. The maximum absolute atomic E-state index is 12.9. The lowest BCUT2D eigenvalue weighted by molar-refractivity contribution is -0.301. The van der Waals surface area contributed by atoms with E-state index in [1.165, 1.54) is 186 Å². The fourth-order valence-corrected chi connectivity index (χ4v) is 9.51. The number of allylic oxidation sites excluding steroid dienone is 4. The van der Waals surface area contributed by atoms with Crippen molar-refractivity contribution >= 4 is 16.4 Å². The van der Waals surface area contributed by atoms with Gasteiger partial charge in [-0.3, -0.25) is 9.35 Å². The van der Waals surface area contributed by atoms with E-state index in [0.29, 0.717) is 13.0 Å². The van der Waals surface area contributed by atoms with E-state index < -0.39 is 59.8 Å². The predicted molar refractivity (Wildman–Crippen MR) is 281 cm³/mol. The predicted octanol–water partition coefficient (Wildman–Crippen LogP) is 13.9. The lowest BCUT2D eigenvalue weighted by Gasteiger charge is -2.41. The van der Waals surface area contributed by atoms with Crippen LogP contribution in [0.1, 0.15) is 264 Å². The minimum atomic E-state index is -5.07. The summed E-state index contributed by atoms with van der Waals surface area (Å²) in [5, 5.41) is 30.8. The maximum Gasteiger partial charge on any atom is 0.397 e. The molecular weight excluding hydrogens is 897 g/mol. The number of hydrogen-bond donors (Lipinski definition) is 4. The second-order valence-corrected chi connectivity index (χ2v) is 20.9. The molecule has 6 atom stereocenters. The molecule has 0 amide bonds. The molecule has 0 saturated carbocycles. The van der Waals surface area contributed by atoms with Crippen molar-refractivity contribution in [2.24, 2.45) is 0 Å². The quantitative estimate of drug-likeness (QED) is 0.0196. The zero-order chi connectivity index (χ0) is 50.3. The van der Waals surface area contributed by atoms with Gasteiger partial charge in [-0.2, -0.15) is 8.42 Å². The van der Waals surface area contributed by atoms with Crippen LogP contribution in [0.25, 0.3) is 0 Å². The SMILES string of the molecule is CCCCC/C=C\C/C=C\CCCCCCCCCCCC(=O)OC(COCCCCCCCCCCCCCCCCCCCCCCCCC)COC1OC(CO)C(O)C(OS(=O)(=O)O)C1O. The molecular formula is C56H106O12S. The summed E-state index contributed by atoms with van der Waals surface area (Å²) >= 11 is 0. The first kappa shape index (κ1) is 65.6. The average Bonchev–Trinajstić information content (AvgIpc) is 3.32. The third-order valence-electron chi connectivity index (χ3n) is 13.3. The van der Waals surface area contributed by atoms with Crippen LogP contribution in [-0.4, -0.2) is 97.5 Å². The molecule has 12 nitrogen and oxygen atoms in total. The van der Waals surface area contributed by atoms with E-state index >= 15 is 0 Å². The number of carbonyl (C=O) groups excluding carboxylic acids is 1. The van der Waals surface area contributed by atoms with Gasteiger partial charge < -0.3 is 34.3 Å². The molecule has 1 aliphatic rings. The highest BCUT2D eigenvalue weighted by atomic mass is 32.3. The van der Waals surface area contributed by atoms with Gasteiger partial charge in [0.2, 0.25) is 0 Å². The summed E-state index contributed by atoms with van der Waals surface area (Å²) < 4.78 is 59.4. The molecule has 1 saturated heterocycles. The van der Waals surface area contributed by atoms with Gasteiger partial charge in [0.15, 0.2) is 6.29 Å². The maximum atomic E-state index is 12.9. The molecule has 0 bridgehead atoms. The van der Waals surface area contributed by atoms with E-state index in [1.54, 1.807) is 0 Å². The number of rotatable bonds is 51. The van der Waals surface area contributed by atoms with Crippen LogP contribution >= 0.6 is 0 Å². The van der Waals surface area contributed by atoms with Crippen molar-refractivity contribution in [3.05, 3.63) is 24.3 Å². The van der Waals surface area contributed by atoms with E-state index in [1.807, 2.05) is 0 Å². The Labute approximate surface area is 422 Å². The number of ether oxygens (including phenoxy) is 4. The average molecular weight is 1000 g/mol. The van der Waals surface area contributed by atoms with Crippen LogP contribution in [0.15, 0.2) is 24.3 Å². The smallest absolute Gasteiger partial charge is 0.397 e. The number of aliphatic hydroxyl groups is 3. The summed E-state index contributed by atoms with van der Waals surface area (Å²) in [5.74, 6) is -0.398. The van der Waals surface area contributed by atoms with E-state index in [0.717, 1.165) is 51.4 Å². The molecule has 0 radical (unpaired) electrons. The fourth-order valence-electron chi connectivity index (χ4n) is 9.00. The highest BCUT2D eigenvalue weighted by Crippen LogP contribution is 2.26. The first-order chi connectivity index (χ1) is 33.6. The first-order valence-corrected chi connectivity index (χ1v) is 30.0. The Balaban J connectivity index is 2.29. The Morgan fingerprint density at radius 2 is 0.957 bits per heavy atom. The van der Waals surface area contributed by atoms with E-state index in [9.17, 15) is 33.1 Å². The third-order valence-corrected chi connectivity index (χ3v) is 13.8. The second-order valence-electron chi connectivity index (χ2n) is 19.9. The molecule has 0 spiro atoms. The molecule has 1 aliphatic heterocycles. The van der Waals surface area contributed by atoms with Crippen molar-refractivity contribution in [1.29, 1.82) is 0 Å². The Morgan fingerprint density at radius 3 is 1.41 bits per heavy atom. The zero-order valence-electron chi connectivity index (χ0n) is 44.1. The molecule has 1 heterocycles. The lowest BCUT2D eigenvalue weighted by atomic mass is 9.99. The molecule has 0 aliphatic carbocycles. The topological polar surface area (TPSA) is 178 Å². The van der Waals surface area contributed by atoms with Crippen molar-refractivity contribution in [3.63, 3.8) is 0 Å². The Hall–Kier alpha value is -1.42. The summed E-state index contributed by atoms with van der Waals surface area (Å²) in [5.41, 5.74) is 0. The van der Waals surface area contributed by atoms with Crippen LogP contribution < -0.4 is 0 Å². The molecule has 0 aromatic carbocycles. The summed E-state index contributed by atoms with van der Waals surface area (Å²) in [6.45, 7) is 4.02. The molecule has 1 rings (SSSR count). The molecule has 69 heavy (non-hydrogen) atoms. The van der Waals surface area contributed by atoms with Crippen molar-refractivity contribution < 1.29 is 56.2 Å². The summed E-state index contributed by atoms with van der Waals surface area (Å²) in [7, 11) is -5.07. The van der Waals surface area contributed by atoms with Crippen LogP contribution in [0.4, 0.5) is 0 Å². The van der Waals surface area contributed by atoms with Gasteiger partial charge in [-0.15, -0.1) is 0 Å². The Bertz CT molecular complexity index is 1300. The largest absolute Gasteiger partial charge is 0.457 e. The molecule has 408 valence electrons. The summed E-state index contributed by atoms with van der Waals surface area (Å²) in [6.07, 6.45) is 47.9. The first-order valence-electron chi connectivity index (χ1n) is 28.6. The summed E-state index contributed by atoms with van der Waals surface area (Å²) in [6, 6.07) is 0. The van der Waals surface area contributed by atoms with Crippen molar-refractivity contribution in [3.8, 4) is 0 Å². The van der Waals surface area contributed by atoms with Gasteiger partial charge in [-0.25, -0.2) is 4.18 Å². The molecule has 1 fully saturated rings. The zero-order valence-corrected chi connectivity index (χ0v) is 45.0. The molecule has 13 heteroatoms. The highest BCUT2D eigenvalue weighted by Gasteiger charge is 2.48. The molecule has 6 unspecified atom stereocenters. The van der Waals surface area contributed by atoms with Crippen LogP contribution in [0.5, 0.6) is 0 Å². The highest BCUT2D eigenvalue weighted by molar-refractivity contribution is 7.80. The van der Waals surface area contributed by atoms with Gasteiger partial charge in [0, 0.05) is 13.0 Å². The molecule has 0 aromatic rings. The van der Waals surface area contributed by atoms with Crippen LogP contribution in [0.2, 0.25) is 0 Å². The monoisotopic (exact) mass is 1000 g/mol. The lowest BCUT2D eigenvalue weighted by Crippen LogP contribution is -2.60. The van der Waals surface area contributed by atoms with Gasteiger partial charge in [0.25, 0.3) is 0 Å². The van der Waals surface area contributed by atoms with Gasteiger partial charge in [0.1, 0.15) is 30.5 Å². The normalized spacial score (nSPS) is 19.3. The fraction of sp³-hybridized carbons (Fsp3) is 0.911. The summed E-state index contributed by atoms with van der Waals surface area (Å²) in [4.78, 5) is 12.9. The number of hydrogen-bond acceptors (Lipinski definition) is 11. The van der Waals surface area contributed by atoms with Crippen molar-refractivity contribution in [1.82, 2.24) is 0 Å². The minimum absolute atomic E-state index is 0.0394. The van der Waals surface area contributed by atoms with Gasteiger partial charge in [0.05, 0.1) is 19.8 Å². The van der Waals surface area contributed by atoms with E-state index in [4.69, 9.17) is 18.9 Å². The van der Waals surface area contributed by atoms with E-state index in [2.05, 4.69) is 42.3 Å². The third kappa shape index (κ3) is 40.7. The van der Waals surface area contributed by atoms with Gasteiger partial charge >= 0.3 is 16.4 Å². The molecule has 0 aromatic heterocycles. The number of aliphatic hydroxyl groups excluding tert-OH is 3.